The average molecular weight is 206 g/mol. The first-order valence-electron chi connectivity index (χ1n) is 3.21. The number of hydrogen-bond acceptors (Lipinski definition) is 2. The average Bonchev–Trinajstić information content (AvgIpc) is 1.93. The Bertz CT molecular complexity index is 258. The van der Waals surface area contributed by atoms with Gasteiger partial charge in [0.2, 0.25) is 5.24 Å². The minimum absolute atomic E-state index is 0. The Labute approximate surface area is 82.1 Å². The van der Waals surface area contributed by atoms with E-state index in [0.717, 1.165) is 5.56 Å². The van der Waals surface area contributed by atoms with E-state index in [4.69, 9.17) is 17.3 Å². The maximum absolute atomic E-state index is 10.4. The SMILES string of the molecule is Cl.Nc1ccc(CC(=O)Cl)cc1. The number of hydrogen-bond donors (Lipinski definition) is 1. The van der Waals surface area contributed by atoms with Crippen molar-refractivity contribution in [3.8, 4) is 0 Å². The topological polar surface area (TPSA) is 43.1 Å². The highest BCUT2D eigenvalue weighted by molar-refractivity contribution is 6.63. The molecule has 1 aromatic carbocycles. The highest BCUT2D eigenvalue weighted by Crippen LogP contribution is 2.06. The van der Waals surface area contributed by atoms with Crippen molar-refractivity contribution in [1.29, 1.82) is 0 Å². The van der Waals surface area contributed by atoms with Crippen LogP contribution in [0.3, 0.4) is 0 Å². The van der Waals surface area contributed by atoms with E-state index >= 15 is 0 Å². The van der Waals surface area contributed by atoms with Crippen molar-refractivity contribution in [1.82, 2.24) is 0 Å². The molecule has 0 aliphatic rings. The van der Waals surface area contributed by atoms with E-state index in [9.17, 15) is 4.79 Å². The second-order valence-corrected chi connectivity index (χ2v) is 2.70. The number of rotatable bonds is 2. The van der Waals surface area contributed by atoms with E-state index in [1.54, 1.807) is 24.3 Å². The molecule has 0 bridgehead atoms. The summed E-state index contributed by atoms with van der Waals surface area (Å²) in [4.78, 5) is 10.4. The molecule has 0 atom stereocenters. The lowest BCUT2D eigenvalue weighted by molar-refractivity contribution is -0.111. The van der Waals surface area contributed by atoms with Gasteiger partial charge in [0.15, 0.2) is 0 Å². The van der Waals surface area contributed by atoms with Gasteiger partial charge in [0.05, 0.1) is 0 Å². The number of benzene rings is 1. The standard InChI is InChI=1S/C8H8ClNO.ClH/c9-8(11)5-6-1-3-7(10)4-2-6;/h1-4H,5,10H2;1H. The van der Waals surface area contributed by atoms with Crippen molar-refractivity contribution in [2.24, 2.45) is 0 Å². The van der Waals surface area contributed by atoms with Gasteiger partial charge in [-0.3, -0.25) is 4.79 Å². The minimum atomic E-state index is -0.352. The predicted molar refractivity (Wildman–Crippen MR) is 52.7 cm³/mol. The molecule has 2 nitrogen and oxygen atoms in total. The Kier molecular flexibility index (Phi) is 4.71. The normalized spacial score (nSPS) is 8.75. The summed E-state index contributed by atoms with van der Waals surface area (Å²) in [6.07, 6.45) is 0.266. The van der Waals surface area contributed by atoms with Gasteiger partial charge in [0, 0.05) is 12.1 Å². The van der Waals surface area contributed by atoms with Gasteiger partial charge in [-0.05, 0) is 29.3 Å². The van der Waals surface area contributed by atoms with Crippen LogP contribution in [0.25, 0.3) is 0 Å². The predicted octanol–water partition coefficient (Wildman–Crippen LogP) is 2.00. The van der Waals surface area contributed by atoms with Crippen molar-refractivity contribution in [3.05, 3.63) is 29.8 Å². The quantitative estimate of drug-likeness (QED) is 0.594. The smallest absolute Gasteiger partial charge is 0.226 e. The van der Waals surface area contributed by atoms with Gasteiger partial charge < -0.3 is 5.73 Å². The number of nitrogen functional groups attached to an aromatic ring is 1. The molecule has 0 aromatic heterocycles. The van der Waals surface area contributed by atoms with Crippen LogP contribution in [-0.4, -0.2) is 5.24 Å². The maximum atomic E-state index is 10.4. The van der Waals surface area contributed by atoms with E-state index in [-0.39, 0.29) is 24.1 Å². The Hall–Kier alpha value is -0.730. The van der Waals surface area contributed by atoms with Crippen molar-refractivity contribution in [3.63, 3.8) is 0 Å². The van der Waals surface area contributed by atoms with Gasteiger partial charge in [0.1, 0.15) is 0 Å². The number of carbonyl (C=O) groups excluding carboxylic acids is 1. The molecule has 0 unspecified atom stereocenters. The summed E-state index contributed by atoms with van der Waals surface area (Å²) in [7, 11) is 0. The molecular weight excluding hydrogens is 197 g/mol. The Morgan fingerprint density at radius 3 is 2.25 bits per heavy atom. The van der Waals surface area contributed by atoms with E-state index in [1.807, 2.05) is 0 Å². The highest BCUT2D eigenvalue weighted by Gasteiger charge is 1.97. The number of carbonyl (C=O) groups is 1. The number of nitrogens with two attached hydrogens (primary N) is 1. The molecule has 0 aliphatic heterocycles. The Morgan fingerprint density at radius 1 is 1.33 bits per heavy atom. The summed E-state index contributed by atoms with van der Waals surface area (Å²) in [5.41, 5.74) is 7.02. The third-order valence-corrected chi connectivity index (χ3v) is 1.46. The van der Waals surface area contributed by atoms with Crippen LogP contribution < -0.4 is 5.73 Å². The lowest BCUT2D eigenvalue weighted by Gasteiger charge is -1.96. The Morgan fingerprint density at radius 2 is 1.83 bits per heavy atom. The summed E-state index contributed by atoms with van der Waals surface area (Å²) in [5, 5.41) is -0.352. The van der Waals surface area contributed by atoms with Gasteiger partial charge in [-0.25, -0.2) is 0 Å². The molecule has 0 aliphatic carbocycles. The zero-order chi connectivity index (χ0) is 8.27. The first-order valence-corrected chi connectivity index (χ1v) is 3.59. The number of halogens is 2. The highest BCUT2D eigenvalue weighted by atomic mass is 35.5. The summed E-state index contributed by atoms with van der Waals surface area (Å²) in [6, 6.07) is 7.07. The monoisotopic (exact) mass is 205 g/mol. The van der Waals surface area contributed by atoms with Crippen molar-refractivity contribution in [2.45, 2.75) is 6.42 Å². The van der Waals surface area contributed by atoms with Crippen LogP contribution in [0.5, 0.6) is 0 Å². The van der Waals surface area contributed by atoms with Crippen LogP contribution in [0.2, 0.25) is 0 Å². The minimum Gasteiger partial charge on any atom is -0.399 e. The fourth-order valence-corrected chi connectivity index (χ4v) is 0.950. The summed E-state index contributed by atoms with van der Waals surface area (Å²) in [6.45, 7) is 0. The summed E-state index contributed by atoms with van der Waals surface area (Å²) >= 11 is 5.18. The molecule has 0 heterocycles. The van der Waals surface area contributed by atoms with Gasteiger partial charge in [0.25, 0.3) is 0 Å². The van der Waals surface area contributed by atoms with Crippen LogP contribution in [-0.2, 0) is 11.2 Å². The lowest BCUT2D eigenvalue weighted by atomic mass is 10.1. The molecule has 0 fully saturated rings. The first-order chi connectivity index (χ1) is 5.18. The fraction of sp³-hybridized carbons (Fsp3) is 0.125. The van der Waals surface area contributed by atoms with E-state index in [2.05, 4.69) is 0 Å². The molecule has 66 valence electrons. The summed E-state index contributed by atoms with van der Waals surface area (Å²) in [5.74, 6) is 0. The molecule has 2 N–H and O–H groups in total. The van der Waals surface area contributed by atoms with Crippen LogP contribution in [0.4, 0.5) is 5.69 Å². The van der Waals surface area contributed by atoms with E-state index in [1.165, 1.54) is 0 Å². The Balaban J connectivity index is 0.00000121. The van der Waals surface area contributed by atoms with Gasteiger partial charge in [-0.2, -0.15) is 0 Å². The van der Waals surface area contributed by atoms with E-state index in [0.29, 0.717) is 5.69 Å². The molecule has 12 heavy (non-hydrogen) atoms. The van der Waals surface area contributed by atoms with Gasteiger partial charge in [-0.15, -0.1) is 12.4 Å². The van der Waals surface area contributed by atoms with Crippen LogP contribution in [0.1, 0.15) is 5.56 Å². The molecule has 1 aromatic rings. The molecule has 0 spiro atoms. The molecule has 0 saturated heterocycles. The van der Waals surface area contributed by atoms with E-state index < -0.39 is 0 Å². The number of anilines is 1. The third-order valence-electron chi connectivity index (χ3n) is 1.32. The summed E-state index contributed by atoms with van der Waals surface area (Å²) < 4.78 is 0. The second kappa shape index (κ2) is 5.01. The molecule has 0 radical (unpaired) electrons. The molecular formula is C8H9Cl2NO. The van der Waals surface area contributed by atoms with Gasteiger partial charge >= 0.3 is 0 Å². The maximum Gasteiger partial charge on any atom is 0.226 e. The van der Waals surface area contributed by atoms with Crippen molar-refractivity contribution in [2.75, 3.05) is 5.73 Å². The van der Waals surface area contributed by atoms with Gasteiger partial charge in [-0.1, -0.05) is 12.1 Å². The van der Waals surface area contributed by atoms with Crippen LogP contribution >= 0.6 is 24.0 Å². The fourth-order valence-electron chi connectivity index (χ4n) is 0.796. The van der Waals surface area contributed by atoms with Crippen LogP contribution in [0.15, 0.2) is 24.3 Å². The molecule has 4 heteroatoms. The largest absolute Gasteiger partial charge is 0.399 e. The molecule has 0 amide bonds. The zero-order valence-electron chi connectivity index (χ0n) is 6.29. The third kappa shape index (κ3) is 3.60. The zero-order valence-corrected chi connectivity index (χ0v) is 7.86. The second-order valence-electron chi connectivity index (χ2n) is 2.27. The lowest BCUT2D eigenvalue weighted by Crippen LogP contribution is -1.93. The molecule has 0 saturated carbocycles. The van der Waals surface area contributed by atoms with Crippen LogP contribution in [0, 0.1) is 0 Å². The van der Waals surface area contributed by atoms with Crippen molar-refractivity contribution >= 4 is 34.9 Å². The van der Waals surface area contributed by atoms with Crippen molar-refractivity contribution < 1.29 is 4.79 Å². The first kappa shape index (κ1) is 11.3. The molecule has 1 rings (SSSR count).